The minimum absolute atomic E-state index is 0.0425. The molecule has 3 nitrogen and oxygen atoms in total. The summed E-state index contributed by atoms with van der Waals surface area (Å²) in [5, 5.41) is 3.14. The number of carbonyl (C=O) groups excluding carboxylic acids is 1. The zero-order valence-electron chi connectivity index (χ0n) is 17.1. The third kappa shape index (κ3) is 6.30. The van der Waals surface area contributed by atoms with Crippen LogP contribution in [0.5, 0.6) is 0 Å². The van der Waals surface area contributed by atoms with Gasteiger partial charge in [0.25, 0.3) is 0 Å². The van der Waals surface area contributed by atoms with E-state index in [0.717, 1.165) is 30.5 Å². The van der Waals surface area contributed by atoms with E-state index < -0.39 is 0 Å². The van der Waals surface area contributed by atoms with Crippen molar-refractivity contribution < 1.29 is 4.79 Å². The normalized spacial score (nSPS) is 17.9. The molecule has 1 N–H and O–H groups in total. The third-order valence-electron chi connectivity index (χ3n) is 5.38. The third-order valence-corrected chi connectivity index (χ3v) is 6.41. The van der Waals surface area contributed by atoms with Crippen molar-refractivity contribution in [3.05, 3.63) is 65.7 Å². The molecule has 2 aromatic carbocycles. The molecule has 2 aromatic rings. The van der Waals surface area contributed by atoms with Crippen molar-refractivity contribution in [3.63, 3.8) is 0 Å². The first-order valence-corrected chi connectivity index (χ1v) is 11.5. The van der Waals surface area contributed by atoms with E-state index in [2.05, 4.69) is 72.6 Å². The number of piperidine rings is 1. The summed E-state index contributed by atoms with van der Waals surface area (Å²) in [7, 11) is 0. The van der Waals surface area contributed by atoms with Crippen molar-refractivity contribution in [1.82, 2.24) is 5.32 Å². The first-order chi connectivity index (χ1) is 13.6. The highest BCUT2D eigenvalue weighted by Crippen LogP contribution is 2.24. The SMILES string of the molecule is CC1CCCN(c2ccc(C(C)NC(=O)CCSCc3ccccc3)cc2)C1. The van der Waals surface area contributed by atoms with Gasteiger partial charge in [-0.3, -0.25) is 4.79 Å². The van der Waals surface area contributed by atoms with Gasteiger partial charge < -0.3 is 10.2 Å². The van der Waals surface area contributed by atoms with Crippen LogP contribution in [-0.2, 0) is 10.5 Å². The molecule has 0 radical (unpaired) electrons. The van der Waals surface area contributed by atoms with Crippen molar-refractivity contribution in [2.75, 3.05) is 23.7 Å². The van der Waals surface area contributed by atoms with Crippen LogP contribution in [0.2, 0.25) is 0 Å². The summed E-state index contributed by atoms with van der Waals surface area (Å²) in [5.41, 5.74) is 3.77. The van der Waals surface area contributed by atoms with Gasteiger partial charge in [0.1, 0.15) is 0 Å². The summed E-state index contributed by atoms with van der Waals surface area (Å²) < 4.78 is 0. The summed E-state index contributed by atoms with van der Waals surface area (Å²) >= 11 is 1.81. The Hall–Kier alpha value is -1.94. The lowest BCUT2D eigenvalue weighted by atomic mass is 9.99. The molecule has 0 aromatic heterocycles. The fourth-order valence-corrected chi connectivity index (χ4v) is 4.63. The van der Waals surface area contributed by atoms with Crippen LogP contribution in [0.1, 0.15) is 50.3 Å². The highest BCUT2D eigenvalue weighted by atomic mass is 32.2. The van der Waals surface area contributed by atoms with Crippen molar-refractivity contribution >= 4 is 23.4 Å². The summed E-state index contributed by atoms with van der Waals surface area (Å²) in [6.45, 7) is 6.69. The predicted octanol–water partition coefficient (Wildman–Crippen LogP) is 5.42. The number of rotatable bonds is 8. The van der Waals surface area contributed by atoms with Gasteiger partial charge >= 0.3 is 0 Å². The Kier molecular flexibility index (Phi) is 7.84. The summed E-state index contributed by atoms with van der Waals surface area (Å²) in [6, 6.07) is 19.2. The molecular weight excluding hydrogens is 364 g/mol. The molecule has 2 unspecified atom stereocenters. The molecule has 0 saturated carbocycles. The smallest absolute Gasteiger partial charge is 0.221 e. The van der Waals surface area contributed by atoms with E-state index in [-0.39, 0.29) is 11.9 Å². The van der Waals surface area contributed by atoms with Crippen LogP contribution in [0, 0.1) is 5.92 Å². The highest BCUT2D eigenvalue weighted by Gasteiger charge is 2.17. The zero-order chi connectivity index (χ0) is 19.8. The van der Waals surface area contributed by atoms with E-state index in [1.165, 1.54) is 29.7 Å². The maximum atomic E-state index is 12.3. The fourth-order valence-electron chi connectivity index (χ4n) is 3.72. The molecule has 1 heterocycles. The minimum atomic E-state index is 0.0425. The number of amides is 1. The van der Waals surface area contributed by atoms with Crippen molar-refractivity contribution in [3.8, 4) is 0 Å². The second-order valence-corrected chi connectivity index (χ2v) is 8.97. The summed E-state index contributed by atoms with van der Waals surface area (Å²) in [6.07, 6.45) is 3.17. The van der Waals surface area contributed by atoms with Gasteiger partial charge in [-0.25, -0.2) is 0 Å². The molecule has 0 bridgehead atoms. The van der Waals surface area contributed by atoms with Gasteiger partial charge in [-0.2, -0.15) is 11.8 Å². The molecule has 1 fully saturated rings. The lowest BCUT2D eigenvalue weighted by Gasteiger charge is -2.33. The second-order valence-electron chi connectivity index (χ2n) is 7.86. The lowest BCUT2D eigenvalue weighted by molar-refractivity contribution is -0.121. The van der Waals surface area contributed by atoms with Crippen LogP contribution in [0.25, 0.3) is 0 Å². The second kappa shape index (κ2) is 10.6. The van der Waals surface area contributed by atoms with Gasteiger partial charge in [-0.05, 0) is 48.9 Å². The Bertz CT molecular complexity index is 732. The van der Waals surface area contributed by atoms with Gasteiger partial charge in [-0.15, -0.1) is 0 Å². The molecule has 2 atom stereocenters. The molecule has 1 saturated heterocycles. The van der Waals surface area contributed by atoms with E-state index in [1.54, 1.807) is 0 Å². The number of benzene rings is 2. The maximum absolute atomic E-state index is 12.3. The van der Waals surface area contributed by atoms with Gasteiger partial charge in [0.2, 0.25) is 5.91 Å². The van der Waals surface area contributed by atoms with Crippen molar-refractivity contribution in [2.24, 2.45) is 5.92 Å². The molecule has 0 spiro atoms. The average Bonchev–Trinajstić information content (AvgIpc) is 2.72. The largest absolute Gasteiger partial charge is 0.371 e. The minimum Gasteiger partial charge on any atom is -0.371 e. The number of nitrogens with zero attached hydrogens (tertiary/aromatic N) is 1. The van der Waals surface area contributed by atoms with E-state index in [1.807, 2.05) is 17.8 Å². The highest BCUT2D eigenvalue weighted by molar-refractivity contribution is 7.98. The first-order valence-electron chi connectivity index (χ1n) is 10.4. The fraction of sp³-hybridized carbons (Fsp3) is 0.458. The summed E-state index contributed by atoms with van der Waals surface area (Å²) in [5.74, 6) is 2.70. The Morgan fingerprint density at radius 3 is 2.64 bits per heavy atom. The van der Waals surface area contributed by atoms with E-state index >= 15 is 0 Å². The molecule has 150 valence electrons. The quantitative estimate of drug-likeness (QED) is 0.604. The molecular formula is C24H32N2OS. The Morgan fingerprint density at radius 2 is 1.93 bits per heavy atom. The number of hydrogen-bond donors (Lipinski definition) is 1. The Balaban J connectivity index is 1.41. The van der Waals surface area contributed by atoms with Crippen molar-refractivity contribution in [1.29, 1.82) is 0 Å². The van der Waals surface area contributed by atoms with Gasteiger partial charge in [-0.1, -0.05) is 49.4 Å². The van der Waals surface area contributed by atoms with E-state index in [0.29, 0.717) is 6.42 Å². The van der Waals surface area contributed by atoms with Gasteiger partial charge in [0.05, 0.1) is 6.04 Å². The Morgan fingerprint density at radius 1 is 1.18 bits per heavy atom. The van der Waals surface area contributed by atoms with E-state index in [9.17, 15) is 4.79 Å². The molecule has 0 aliphatic carbocycles. The van der Waals surface area contributed by atoms with Crippen LogP contribution >= 0.6 is 11.8 Å². The van der Waals surface area contributed by atoms with Crippen LogP contribution in [0.3, 0.4) is 0 Å². The topological polar surface area (TPSA) is 32.3 Å². The number of nitrogens with one attached hydrogen (secondary N) is 1. The first kappa shape index (κ1) is 20.8. The van der Waals surface area contributed by atoms with Crippen molar-refractivity contribution in [2.45, 2.75) is 44.9 Å². The molecule has 1 aliphatic rings. The molecule has 1 amide bonds. The average molecular weight is 397 g/mol. The standard InChI is InChI=1S/C24H32N2OS/c1-19-7-6-15-26(17-19)23-12-10-22(11-13-23)20(2)25-24(27)14-16-28-18-21-8-4-3-5-9-21/h3-5,8-13,19-20H,6-7,14-18H2,1-2H3,(H,25,27). The van der Waals surface area contributed by atoms with Gasteiger partial charge in [0.15, 0.2) is 0 Å². The van der Waals surface area contributed by atoms with Crippen LogP contribution < -0.4 is 10.2 Å². The number of anilines is 1. The maximum Gasteiger partial charge on any atom is 0.221 e. The van der Waals surface area contributed by atoms with E-state index in [4.69, 9.17) is 0 Å². The zero-order valence-corrected chi connectivity index (χ0v) is 17.9. The Labute approximate surface area is 173 Å². The summed E-state index contributed by atoms with van der Waals surface area (Å²) in [4.78, 5) is 14.7. The molecule has 1 aliphatic heterocycles. The monoisotopic (exact) mass is 396 g/mol. The van der Waals surface area contributed by atoms with Crippen LogP contribution in [0.4, 0.5) is 5.69 Å². The van der Waals surface area contributed by atoms with Crippen LogP contribution in [-0.4, -0.2) is 24.7 Å². The number of hydrogen-bond acceptors (Lipinski definition) is 3. The molecule has 3 rings (SSSR count). The van der Waals surface area contributed by atoms with Crippen LogP contribution in [0.15, 0.2) is 54.6 Å². The number of thioether (sulfide) groups is 1. The molecule has 28 heavy (non-hydrogen) atoms. The molecule has 4 heteroatoms. The predicted molar refractivity (Wildman–Crippen MR) is 121 cm³/mol. The lowest BCUT2D eigenvalue weighted by Crippen LogP contribution is -2.34. The van der Waals surface area contributed by atoms with Gasteiger partial charge in [0, 0.05) is 36.7 Å². The number of carbonyl (C=O) groups is 1.